The van der Waals surface area contributed by atoms with Gasteiger partial charge in [0.15, 0.2) is 0 Å². The van der Waals surface area contributed by atoms with Gasteiger partial charge in [-0.2, -0.15) is 0 Å². The first kappa shape index (κ1) is 11.3. The smallest absolute Gasteiger partial charge is 0.0258 e. The molecular weight excluding hydrogens is 152 g/mol. The average molecular weight is 170 g/mol. The summed E-state index contributed by atoms with van der Waals surface area (Å²) < 4.78 is 0. The van der Waals surface area contributed by atoms with Gasteiger partial charge in [0.1, 0.15) is 0 Å². The minimum absolute atomic E-state index is 0.637. The molecule has 0 aromatic rings. The van der Waals surface area contributed by atoms with Crippen molar-refractivity contribution in [2.75, 3.05) is 26.2 Å². The second-order valence-corrected chi connectivity index (χ2v) is 2.69. The topological polar surface area (TPSA) is 52.0 Å². The summed E-state index contributed by atoms with van der Waals surface area (Å²) in [5.74, 6) is 0. The summed E-state index contributed by atoms with van der Waals surface area (Å²) >= 11 is 0. The van der Waals surface area contributed by atoms with Crippen LogP contribution < -0.4 is 0 Å². The number of nitrogens with zero attached hydrogens (tertiary/aromatic N) is 4. The van der Waals surface area contributed by atoms with E-state index < -0.39 is 0 Å². The Bertz CT molecular complexity index is 136. The number of rotatable bonds is 7. The normalized spacial score (nSPS) is 9.92. The van der Waals surface area contributed by atoms with Crippen LogP contribution in [0.2, 0.25) is 0 Å². The number of hydrogen-bond acceptors (Lipinski definition) is 2. The average Bonchev–Trinajstić information content (AvgIpc) is 2.11. The fourth-order valence-corrected chi connectivity index (χ4v) is 1.10. The van der Waals surface area contributed by atoms with Gasteiger partial charge in [0, 0.05) is 11.5 Å². The monoisotopic (exact) mass is 170 g/mol. The molecule has 0 saturated carbocycles. The third-order valence-electron chi connectivity index (χ3n) is 1.94. The Morgan fingerprint density at radius 3 is 2.42 bits per heavy atom. The SMILES string of the molecule is CCN(CC)CCCCN=[N+]=[N-]. The Hall–Kier alpha value is -0.730. The van der Waals surface area contributed by atoms with Gasteiger partial charge in [-0.05, 0) is 38.0 Å². The molecule has 4 heteroatoms. The van der Waals surface area contributed by atoms with Crippen LogP contribution in [-0.2, 0) is 0 Å². The summed E-state index contributed by atoms with van der Waals surface area (Å²) in [7, 11) is 0. The van der Waals surface area contributed by atoms with Crippen LogP contribution in [0.4, 0.5) is 0 Å². The first-order chi connectivity index (χ1) is 5.85. The molecule has 0 aliphatic carbocycles. The quantitative estimate of drug-likeness (QED) is 0.250. The van der Waals surface area contributed by atoms with E-state index in [-0.39, 0.29) is 0 Å². The maximum Gasteiger partial charge on any atom is 0.0258 e. The molecule has 0 unspecified atom stereocenters. The van der Waals surface area contributed by atoms with E-state index >= 15 is 0 Å². The van der Waals surface area contributed by atoms with Crippen molar-refractivity contribution in [2.24, 2.45) is 5.11 Å². The summed E-state index contributed by atoms with van der Waals surface area (Å²) in [6.45, 7) is 8.30. The van der Waals surface area contributed by atoms with Crippen LogP contribution in [0.15, 0.2) is 5.11 Å². The molecule has 0 aliphatic heterocycles. The van der Waals surface area contributed by atoms with Crippen LogP contribution in [0.1, 0.15) is 26.7 Å². The third-order valence-corrected chi connectivity index (χ3v) is 1.94. The lowest BCUT2D eigenvalue weighted by atomic mass is 10.3. The Morgan fingerprint density at radius 1 is 1.25 bits per heavy atom. The van der Waals surface area contributed by atoms with Crippen molar-refractivity contribution >= 4 is 0 Å². The van der Waals surface area contributed by atoms with E-state index in [1.165, 1.54) is 0 Å². The zero-order chi connectivity index (χ0) is 9.23. The Labute approximate surface area is 74.2 Å². The largest absolute Gasteiger partial charge is 0.304 e. The summed E-state index contributed by atoms with van der Waals surface area (Å²) in [5, 5.41) is 3.48. The molecule has 0 saturated heterocycles. The lowest BCUT2D eigenvalue weighted by molar-refractivity contribution is 0.297. The number of hydrogen-bond donors (Lipinski definition) is 0. The highest BCUT2D eigenvalue weighted by atomic mass is 15.1. The summed E-state index contributed by atoms with van der Waals surface area (Å²) in [6.07, 6.45) is 2.13. The molecule has 0 spiro atoms. The van der Waals surface area contributed by atoms with E-state index in [1.807, 2.05) is 0 Å². The highest BCUT2D eigenvalue weighted by molar-refractivity contribution is 4.54. The van der Waals surface area contributed by atoms with Crippen LogP contribution in [0, 0.1) is 0 Å². The summed E-state index contributed by atoms with van der Waals surface area (Å²) in [4.78, 5) is 5.08. The van der Waals surface area contributed by atoms with Crippen molar-refractivity contribution in [3.05, 3.63) is 10.4 Å². The van der Waals surface area contributed by atoms with E-state index in [9.17, 15) is 0 Å². The fourth-order valence-electron chi connectivity index (χ4n) is 1.10. The predicted octanol–water partition coefficient (Wildman–Crippen LogP) is 2.42. The zero-order valence-corrected chi connectivity index (χ0v) is 8.03. The van der Waals surface area contributed by atoms with Crippen molar-refractivity contribution in [2.45, 2.75) is 26.7 Å². The van der Waals surface area contributed by atoms with Gasteiger partial charge in [-0.25, -0.2) is 0 Å². The van der Waals surface area contributed by atoms with Crippen molar-refractivity contribution in [1.29, 1.82) is 0 Å². The first-order valence-corrected chi connectivity index (χ1v) is 4.58. The fraction of sp³-hybridized carbons (Fsp3) is 1.00. The lowest BCUT2D eigenvalue weighted by Crippen LogP contribution is -2.23. The minimum atomic E-state index is 0.637. The summed E-state index contributed by atoms with van der Waals surface area (Å²) in [5.41, 5.74) is 8.02. The predicted molar refractivity (Wildman–Crippen MR) is 51.0 cm³/mol. The molecular formula is C8H18N4. The maximum atomic E-state index is 8.02. The Balaban J connectivity index is 3.22. The molecule has 0 aliphatic rings. The van der Waals surface area contributed by atoms with Crippen LogP contribution >= 0.6 is 0 Å². The van der Waals surface area contributed by atoms with Crippen LogP contribution in [0.25, 0.3) is 10.4 Å². The number of azide groups is 1. The lowest BCUT2D eigenvalue weighted by Gasteiger charge is -2.16. The Morgan fingerprint density at radius 2 is 1.92 bits per heavy atom. The van der Waals surface area contributed by atoms with Crippen LogP contribution in [0.3, 0.4) is 0 Å². The molecule has 0 N–H and O–H groups in total. The van der Waals surface area contributed by atoms with Crippen molar-refractivity contribution in [1.82, 2.24) is 4.90 Å². The van der Waals surface area contributed by atoms with Gasteiger partial charge in [-0.1, -0.05) is 19.0 Å². The van der Waals surface area contributed by atoms with Gasteiger partial charge >= 0.3 is 0 Å². The molecule has 70 valence electrons. The van der Waals surface area contributed by atoms with E-state index in [0.29, 0.717) is 6.54 Å². The molecule has 0 radical (unpaired) electrons. The molecule has 0 rings (SSSR count). The van der Waals surface area contributed by atoms with E-state index in [1.54, 1.807) is 0 Å². The first-order valence-electron chi connectivity index (χ1n) is 4.58. The maximum absolute atomic E-state index is 8.02. The highest BCUT2D eigenvalue weighted by Gasteiger charge is 1.96. The van der Waals surface area contributed by atoms with E-state index in [0.717, 1.165) is 32.5 Å². The van der Waals surface area contributed by atoms with Crippen LogP contribution in [-0.4, -0.2) is 31.1 Å². The van der Waals surface area contributed by atoms with Gasteiger partial charge in [-0.3, -0.25) is 0 Å². The summed E-state index contributed by atoms with van der Waals surface area (Å²) in [6, 6.07) is 0. The van der Waals surface area contributed by atoms with E-state index in [2.05, 4.69) is 28.8 Å². The molecule has 0 heterocycles. The molecule has 0 aromatic carbocycles. The molecule has 4 nitrogen and oxygen atoms in total. The zero-order valence-electron chi connectivity index (χ0n) is 8.03. The van der Waals surface area contributed by atoms with Crippen LogP contribution in [0.5, 0.6) is 0 Å². The minimum Gasteiger partial charge on any atom is -0.304 e. The van der Waals surface area contributed by atoms with Crippen molar-refractivity contribution in [3.63, 3.8) is 0 Å². The molecule has 0 atom stereocenters. The van der Waals surface area contributed by atoms with Crippen molar-refractivity contribution in [3.8, 4) is 0 Å². The second-order valence-electron chi connectivity index (χ2n) is 2.69. The molecule has 0 amide bonds. The van der Waals surface area contributed by atoms with Gasteiger partial charge < -0.3 is 4.90 Å². The third kappa shape index (κ3) is 6.01. The Kier molecular flexibility index (Phi) is 7.86. The van der Waals surface area contributed by atoms with Crippen molar-refractivity contribution < 1.29 is 0 Å². The second kappa shape index (κ2) is 8.37. The molecule has 0 fully saturated rings. The van der Waals surface area contributed by atoms with E-state index in [4.69, 9.17) is 5.53 Å². The standard InChI is InChI=1S/C8H18N4/c1-3-12(4-2)8-6-5-7-10-11-9/h3-8H2,1-2H3. The molecule has 0 aromatic heterocycles. The van der Waals surface area contributed by atoms with Gasteiger partial charge in [0.05, 0.1) is 0 Å². The van der Waals surface area contributed by atoms with Gasteiger partial charge in [0.2, 0.25) is 0 Å². The number of unbranched alkanes of at least 4 members (excludes halogenated alkanes) is 1. The highest BCUT2D eigenvalue weighted by Crippen LogP contribution is 1.95. The van der Waals surface area contributed by atoms with Gasteiger partial charge in [0.25, 0.3) is 0 Å². The van der Waals surface area contributed by atoms with Gasteiger partial charge in [-0.15, -0.1) is 0 Å². The molecule has 12 heavy (non-hydrogen) atoms. The molecule has 0 bridgehead atoms.